The van der Waals surface area contributed by atoms with E-state index in [0.717, 1.165) is 25.2 Å². The Hall–Kier alpha value is -1.46. The molecule has 1 unspecified atom stereocenters. The van der Waals surface area contributed by atoms with E-state index in [0.29, 0.717) is 11.7 Å². The normalized spacial score (nSPS) is 12.4. The number of hydrazine groups is 1. The highest BCUT2D eigenvalue weighted by atomic mass is 16.2. The molecule has 1 aromatic heterocycles. The number of carbonyl (C=O) groups excluding carboxylic acids is 1. The van der Waals surface area contributed by atoms with Gasteiger partial charge in [0, 0.05) is 12.6 Å². The van der Waals surface area contributed by atoms with Crippen molar-refractivity contribution in [2.75, 3.05) is 6.54 Å². The summed E-state index contributed by atoms with van der Waals surface area (Å²) in [5.41, 5.74) is 3.39. The number of aromatic nitrogens is 1. The first-order valence-corrected chi connectivity index (χ1v) is 7.33. The van der Waals surface area contributed by atoms with Crippen molar-refractivity contribution in [3.8, 4) is 0 Å². The van der Waals surface area contributed by atoms with E-state index < -0.39 is 0 Å². The number of nitrogens with one attached hydrogen (secondary N) is 1. The fourth-order valence-electron chi connectivity index (χ4n) is 2.05. The maximum Gasteiger partial charge on any atom is 0.283 e. The average Bonchev–Trinajstić information content (AvgIpc) is 2.50. The fraction of sp³-hybridized carbons (Fsp3) is 0.600. The molecule has 5 nitrogen and oxygen atoms in total. The van der Waals surface area contributed by atoms with Crippen molar-refractivity contribution in [3.05, 3.63) is 29.6 Å². The van der Waals surface area contributed by atoms with Crippen molar-refractivity contribution in [1.29, 1.82) is 0 Å². The maximum absolute atomic E-state index is 11.5. The highest BCUT2D eigenvalue weighted by Gasteiger charge is 2.14. The topological polar surface area (TPSA) is 71.2 Å². The number of rotatable bonds is 8. The van der Waals surface area contributed by atoms with Crippen LogP contribution in [0.1, 0.15) is 56.2 Å². The second kappa shape index (κ2) is 8.66. The van der Waals surface area contributed by atoms with Crippen molar-refractivity contribution in [1.82, 2.24) is 15.3 Å². The Bertz CT molecular complexity index is 422. The molecule has 112 valence electrons. The molecule has 0 aliphatic rings. The van der Waals surface area contributed by atoms with Crippen LogP contribution in [0.4, 0.5) is 0 Å². The number of amides is 1. The van der Waals surface area contributed by atoms with Crippen molar-refractivity contribution in [3.63, 3.8) is 0 Å². The van der Waals surface area contributed by atoms with Gasteiger partial charge in [-0.3, -0.25) is 15.1 Å². The van der Waals surface area contributed by atoms with Crippen LogP contribution in [0.15, 0.2) is 18.2 Å². The van der Waals surface area contributed by atoms with Crippen molar-refractivity contribution in [2.24, 2.45) is 5.84 Å². The summed E-state index contributed by atoms with van der Waals surface area (Å²) in [6, 6.07) is 5.98. The maximum atomic E-state index is 11.5. The number of nitrogen functional groups attached to an aromatic ring is 1. The van der Waals surface area contributed by atoms with Crippen LogP contribution >= 0.6 is 0 Å². The predicted molar refractivity (Wildman–Crippen MR) is 81.0 cm³/mol. The average molecular weight is 278 g/mol. The van der Waals surface area contributed by atoms with E-state index in [1.165, 1.54) is 12.8 Å². The Morgan fingerprint density at radius 2 is 2.20 bits per heavy atom. The van der Waals surface area contributed by atoms with Crippen LogP contribution in [-0.2, 0) is 6.54 Å². The van der Waals surface area contributed by atoms with Crippen LogP contribution < -0.4 is 11.3 Å². The lowest BCUT2D eigenvalue weighted by molar-refractivity contribution is 0.0948. The molecule has 20 heavy (non-hydrogen) atoms. The molecular weight excluding hydrogens is 252 g/mol. The van der Waals surface area contributed by atoms with E-state index in [-0.39, 0.29) is 5.91 Å². The van der Waals surface area contributed by atoms with Gasteiger partial charge in [-0.15, -0.1) is 0 Å². The van der Waals surface area contributed by atoms with Gasteiger partial charge in [0.25, 0.3) is 5.91 Å². The second-order valence-electron chi connectivity index (χ2n) is 5.07. The lowest BCUT2D eigenvalue weighted by Gasteiger charge is -2.28. The van der Waals surface area contributed by atoms with Gasteiger partial charge >= 0.3 is 0 Å². The Balaban J connectivity index is 2.79. The molecule has 0 aliphatic heterocycles. The van der Waals surface area contributed by atoms with Crippen LogP contribution in [0.2, 0.25) is 0 Å². The summed E-state index contributed by atoms with van der Waals surface area (Å²) in [4.78, 5) is 18.3. The molecule has 0 saturated heterocycles. The molecule has 3 N–H and O–H groups in total. The molecule has 1 amide bonds. The molecule has 0 aromatic carbocycles. The molecular formula is C15H26N4O. The number of nitrogens with zero attached hydrogens (tertiary/aromatic N) is 2. The van der Waals surface area contributed by atoms with Crippen LogP contribution in [0.3, 0.4) is 0 Å². The molecule has 5 heteroatoms. The van der Waals surface area contributed by atoms with E-state index in [1.807, 2.05) is 12.1 Å². The number of hydrogen-bond donors (Lipinski definition) is 2. The minimum absolute atomic E-state index is 0.351. The van der Waals surface area contributed by atoms with Crippen molar-refractivity contribution < 1.29 is 4.79 Å². The Labute approximate surface area is 121 Å². The summed E-state index contributed by atoms with van der Waals surface area (Å²) in [6.07, 6.45) is 3.45. The van der Waals surface area contributed by atoms with Gasteiger partial charge in [0.2, 0.25) is 0 Å². The zero-order valence-corrected chi connectivity index (χ0v) is 12.7. The minimum atomic E-state index is -0.351. The number of pyridine rings is 1. The lowest BCUT2D eigenvalue weighted by Crippen LogP contribution is -2.34. The first-order chi connectivity index (χ1) is 9.62. The highest BCUT2D eigenvalue weighted by molar-refractivity contribution is 5.91. The zero-order valence-electron chi connectivity index (χ0n) is 12.7. The van der Waals surface area contributed by atoms with Gasteiger partial charge in [0.15, 0.2) is 0 Å². The van der Waals surface area contributed by atoms with Crippen LogP contribution in [-0.4, -0.2) is 28.4 Å². The van der Waals surface area contributed by atoms with Gasteiger partial charge in [-0.2, -0.15) is 0 Å². The first-order valence-electron chi connectivity index (χ1n) is 7.33. The molecule has 0 spiro atoms. The molecule has 0 fully saturated rings. The van der Waals surface area contributed by atoms with E-state index in [2.05, 4.69) is 36.1 Å². The zero-order chi connectivity index (χ0) is 15.0. The number of carbonyl (C=O) groups is 1. The molecule has 0 bridgehead atoms. The molecule has 0 aliphatic carbocycles. The standard InChI is InChI=1S/C15H26N4O/c1-4-6-10-19(12(3)5-2)11-13-8-7-9-14(17-13)15(20)18-16/h7-9,12H,4-6,10-11,16H2,1-3H3,(H,18,20). The van der Waals surface area contributed by atoms with Crippen LogP contribution in [0.5, 0.6) is 0 Å². The Kier molecular flexibility index (Phi) is 7.18. The summed E-state index contributed by atoms with van der Waals surface area (Å²) < 4.78 is 0. The van der Waals surface area contributed by atoms with Crippen LogP contribution in [0.25, 0.3) is 0 Å². The third-order valence-corrected chi connectivity index (χ3v) is 3.55. The summed E-state index contributed by atoms with van der Waals surface area (Å²) in [6.45, 7) is 8.43. The first kappa shape index (κ1) is 16.6. The minimum Gasteiger partial charge on any atom is -0.295 e. The molecule has 1 heterocycles. The number of nitrogens with two attached hydrogens (primary N) is 1. The van der Waals surface area contributed by atoms with Crippen molar-refractivity contribution in [2.45, 2.75) is 52.6 Å². The van der Waals surface area contributed by atoms with Gasteiger partial charge in [-0.05, 0) is 38.4 Å². The third kappa shape index (κ3) is 4.90. The largest absolute Gasteiger partial charge is 0.295 e. The summed E-state index contributed by atoms with van der Waals surface area (Å²) >= 11 is 0. The Morgan fingerprint density at radius 3 is 2.80 bits per heavy atom. The number of unbranched alkanes of at least 4 members (excludes halogenated alkanes) is 1. The second-order valence-corrected chi connectivity index (χ2v) is 5.07. The summed E-state index contributed by atoms with van der Waals surface area (Å²) in [5.74, 6) is 4.79. The quantitative estimate of drug-likeness (QED) is 0.434. The molecule has 1 rings (SSSR count). The molecule has 1 atom stereocenters. The van der Waals surface area contributed by atoms with Gasteiger partial charge in [-0.25, -0.2) is 10.8 Å². The molecule has 0 saturated carbocycles. The highest BCUT2D eigenvalue weighted by Crippen LogP contribution is 2.11. The lowest BCUT2D eigenvalue weighted by atomic mass is 10.1. The molecule has 1 aromatic rings. The van der Waals surface area contributed by atoms with Gasteiger partial charge in [-0.1, -0.05) is 26.3 Å². The smallest absolute Gasteiger partial charge is 0.283 e. The number of hydrogen-bond acceptors (Lipinski definition) is 4. The van der Waals surface area contributed by atoms with E-state index in [4.69, 9.17) is 5.84 Å². The fourth-order valence-corrected chi connectivity index (χ4v) is 2.05. The van der Waals surface area contributed by atoms with Crippen molar-refractivity contribution >= 4 is 5.91 Å². The van der Waals surface area contributed by atoms with E-state index >= 15 is 0 Å². The predicted octanol–water partition coefficient (Wildman–Crippen LogP) is 2.09. The Morgan fingerprint density at radius 1 is 1.45 bits per heavy atom. The van der Waals surface area contributed by atoms with E-state index in [9.17, 15) is 4.79 Å². The van der Waals surface area contributed by atoms with Gasteiger partial charge in [0.1, 0.15) is 5.69 Å². The third-order valence-electron chi connectivity index (χ3n) is 3.55. The summed E-state index contributed by atoms with van der Waals surface area (Å²) in [7, 11) is 0. The summed E-state index contributed by atoms with van der Waals surface area (Å²) in [5, 5.41) is 0. The monoisotopic (exact) mass is 278 g/mol. The van der Waals surface area contributed by atoms with Crippen LogP contribution in [0, 0.1) is 0 Å². The van der Waals surface area contributed by atoms with Gasteiger partial charge in [0.05, 0.1) is 5.69 Å². The van der Waals surface area contributed by atoms with E-state index in [1.54, 1.807) is 6.07 Å². The SMILES string of the molecule is CCCCN(Cc1cccc(C(=O)NN)n1)C(C)CC. The molecule has 0 radical (unpaired) electrons. The van der Waals surface area contributed by atoms with Gasteiger partial charge < -0.3 is 0 Å².